The second kappa shape index (κ2) is 10.4. The first-order valence-corrected chi connectivity index (χ1v) is 10.2. The van der Waals surface area contributed by atoms with Crippen LogP contribution in [0.4, 0.5) is 0 Å². The molecular weight excluding hydrogens is 400 g/mol. The Morgan fingerprint density at radius 2 is 1.97 bits per heavy atom. The molecule has 1 aromatic carbocycles. The lowest BCUT2D eigenvalue weighted by molar-refractivity contribution is -0.134. The number of nitriles is 1. The minimum atomic E-state index is -0.365. The normalized spacial score (nSPS) is 15.9. The zero-order valence-electron chi connectivity index (χ0n) is 17.7. The maximum absolute atomic E-state index is 13.1. The van der Waals surface area contributed by atoms with Crippen molar-refractivity contribution < 1.29 is 4.79 Å². The number of rotatable bonds is 5. The summed E-state index contributed by atoms with van der Waals surface area (Å²) in [4.78, 5) is 29.7. The highest BCUT2D eigenvalue weighted by atomic mass is 35.5. The molecule has 0 bridgehead atoms. The lowest BCUT2D eigenvalue weighted by Gasteiger charge is -2.37. The topological polar surface area (TPSA) is 89.0 Å². The molecule has 0 saturated carbocycles. The van der Waals surface area contributed by atoms with E-state index in [2.05, 4.69) is 41.5 Å². The molecule has 2 heterocycles. The summed E-state index contributed by atoms with van der Waals surface area (Å²) in [5.74, 6) is 0.0968. The number of carbonyl (C=O) groups is 1. The molecule has 1 aromatic heterocycles. The summed E-state index contributed by atoms with van der Waals surface area (Å²) in [7, 11) is 0. The molecule has 1 fully saturated rings. The molecule has 0 spiro atoms. The van der Waals surface area contributed by atoms with Crippen LogP contribution in [-0.2, 0) is 17.6 Å². The van der Waals surface area contributed by atoms with Crippen molar-refractivity contribution >= 4 is 18.3 Å². The summed E-state index contributed by atoms with van der Waals surface area (Å²) in [6.07, 6.45) is 1.85. The number of aromatic amines is 1. The molecule has 1 amide bonds. The van der Waals surface area contributed by atoms with Crippen LogP contribution < -0.4 is 10.9 Å². The number of aromatic nitrogens is 1. The Balaban J connectivity index is 0.00000320. The highest BCUT2D eigenvalue weighted by molar-refractivity contribution is 5.85. The second-order valence-corrected chi connectivity index (χ2v) is 7.57. The Morgan fingerprint density at radius 3 is 2.60 bits per heavy atom. The van der Waals surface area contributed by atoms with Gasteiger partial charge in [-0.05, 0) is 48.9 Å². The Labute approximate surface area is 183 Å². The van der Waals surface area contributed by atoms with Crippen LogP contribution in [0.1, 0.15) is 52.9 Å². The van der Waals surface area contributed by atoms with Crippen molar-refractivity contribution in [3.63, 3.8) is 0 Å². The molecule has 3 rings (SSSR count). The van der Waals surface area contributed by atoms with Crippen LogP contribution in [0, 0.1) is 25.2 Å². The second-order valence-electron chi connectivity index (χ2n) is 7.57. The van der Waals surface area contributed by atoms with Crippen molar-refractivity contribution in [2.75, 3.05) is 19.6 Å². The van der Waals surface area contributed by atoms with Crippen molar-refractivity contribution in [2.45, 2.75) is 46.1 Å². The number of pyridine rings is 1. The molecule has 2 aromatic rings. The van der Waals surface area contributed by atoms with Gasteiger partial charge < -0.3 is 15.2 Å². The SMILES string of the molecule is CCc1ccc(C2CNCCN2C(=O)CCc2c(C)[nH]c(=O)c(C#N)c2C)cc1.Cl. The van der Waals surface area contributed by atoms with Crippen LogP contribution in [0.25, 0.3) is 0 Å². The summed E-state index contributed by atoms with van der Waals surface area (Å²) in [6, 6.07) is 10.5. The quantitative estimate of drug-likeness (QED) is 0.766. The van der Waals surface area contributed by atoms with Crippen molar-refractivity contribution in [2.24, 2.45) is 0 Å². The maximum atomic E-state index is 13.1. The van der Waals surface area contributed by atoms with E-state index in [9.17, 15) is 14.9 Å². The maximum Gasteiger partial charge on any atom is 0.266 e. The Kier molecular flexibility index (Phi) is 8.22. The average Bonchev–Trinajstić information content (AvgIpc) is 2.73. The third kappa shape index (κ3) is 4.92. The number of carbonyl (C=O) groups excluding carboxylic acids is 1. The van der Waals surface area contributed by atoms with Crippen LogP contribution in [0.5, 0.6) is 0 Å². The van der Waals surface area contributed by atoms with Crippen molar-refractivity contribution in [3.8, 4) is 6.07 Å². The molecule has 1 aliphatic heterocycles. The molecule has 7 heteroatoms. The van der Waals surface area contributed by atoms with E-state index in [0.717, 1.165) is 36.3 Å². The first kappa shape index (κ1) is 23.7. The zero-order chi connectivity index (χ0) is 21.0. The smallest absolute Gasteiger partial charge is 0.266 e. The molecule has 2 N–H and O–H groups in total. The predicted octanol–water partition coefficient (Wildman–Crippen LogP) is 2.95. The third-order valence-corrected chi connectivity index (χ3v) is 5.85. The van der Waals surface area contributed by atoms with Crippen LogP contribution in [0.2, 0.25) is 0 Å². The largest absolute Gasteiger partial charge is 0.333 e. The Hall–Kier alpha value is -2.62. The first-order chi connectivity index (χ1) is 14.0. The summed E-state index contributed by atoms with van der Waals surface area (Å²) in [5, 5.41) is 12.6. The predicted molar refractivity (Wildman–Crippen MR) is 120 cm³/mol. The standard InChI is InChI=1S/C23H28N4O2.ClH/c1-4-17-5-7-18(8-6-17)21-14-25-11-12-27(21)22(28)10-9-19-15(2)20(13-24)23(29)26-16(19)3;/h5-8,21,25H,4,9-12,14H2,1-3H3,(H,26,29);1H. The van der Waals surface area contributed by atoms with Gasteiger partial charge in [0.15, 0.2) is 0 Å². The van der Waals surface area contributed by atoms with Gasteiger partial charge in [-0.2, -0.15) is 5.26 Å². The molecule has 30 heavy (non-hydrogen) atoms. The number of hydrogen-bond acceptors (Lipinski definition) is 4. The van der Waals surface area contributed by atoms with E-state index in [0.29, 0.717) is 24.9 Å². The first-order valence-electron chi connectivity index (χ1n) is 10.2. The molecule has 160 valence electrons. The minimum absolute atomic E-state index is 0. The van der Waals surface area contributed by atoms with E-state index >= 15 is 0 Å². The lowest BCUT2D eigenvalue weighted by Crippen LogP contribution is -2.48. The number of H-pyrrole nitrogens is 1. The molecule has 1 aliphatic rings. The van der Waals surface area contributed by atoms with E-state index in [-0.39, 0.29) is 35.5 Å². The van der Waals surface area contributed by atoms with Gasteiger partial charge in [0, 0.05) is 31.7 Å². The van der Waals surface area contributed by atoms with Crippen molar-refractivity contribution in [1.82, 2.24) is 15.2 Å². The molecular formula is C23H29ClN4O2. The number of piperazine rings is 1. The number of hydrogen-bond donors (Lipinski definition) is 2. The highest BCUT2D eigenvalue weighted by Gasteiger charge is 2.27. The Morgan fingerprint density at radius 1 is 1.27 bits per heavy atom. The van der Waals surface area contributed by atoms with Gasteiger partial charge in [-0.3, -0.25) is 9.59 Å². The van der Waals surface area contributed by atoms with Crippen LogP contribution in [0.3, 0.4) is 0 Å². The molecule has 1 atom stereocenters. The van der Waals surface area contributed by atoms with E-state index < -0.39 is 0 Å². The number of nitrogens with zero attached hydrogens (tertiary/aromatic N) is 2. The van der Waals surface area contributed by atoms with Gasteiger partial charge in [0.05, 0.1) is 6.04 Å². The van der Waals surface area contributed by atoms with Gasteiger partial charge in [-0.15, -0.1) is 12.4 Å². The fourth-order valence-electron chi connectivity index (χ4n) is 4.07. The van der Waals surface area contributed by atoms with E-state index in [1.165, 1.54) is 5.56 Å². The lowest BCUT2D eigenvalue weighted by atomic mass is 9.97. The number of nitrogens with one attached hydrogen (secondary N) is 2. The summed E-state index contributed by atoms with van der Waals surface area (Å²) < 4.78 is 0. The molecule has 1 unspecified atom stereocenters. The van der Waals surface area contributed by atoms with E-state index in [1.54, 1.807) is 6.92 Å². The third-order valence-electron chi connectivity index (χ3n) is 5.85. The summed E-state index contributed by atoms with van der Waals surface area (Å²) >= 11 is 0. The average molecular weight is 429 g/mol. The van der Waals surface area contributed by atoms with Crippen LogP contribution in [-0.4, -0.2) is 35.4 Å². The van der Waals surface area contributed by atoms with E-state index in [1.807, 2.05) is 17.9 Å². The van der Waals surface area contributed by atoms with Gasteiger partial charge >= 0.3 is 0 Å². The molecule has 0 radical (unpaired) electrons. The summed E-state index contributed by atoms with van der Waals surface area (Å²) in [6.45, 7) is 7.93. The number of amides is 1. The van der Waals surface area contributed by atoms with Gasteiger partial charge in [0.2, 0.25) is 5.91 Å². The fourth-order valence-corrected chi connectivity index (χ4v) is 4.07. The van der Waals surface area contributed by atoms with Crippen LogP contribution in [0.15, 0.2) is 29.1 Å². The van der Waals surface area contributed by atoms with Crippen LogP contribution >= 0.6 is 12.4 Å². The fraction of sp³-hybridized carbons (Fsp3) is 0.435. The number of benzene rings is 1. The minimum Gasteiger partial charge on any atom is -0.333 e. The molecule has 0 aliphatic carbocycles. The van der Waals surface area contributed by atoms with Gasteiger partial charge in [-0.25, -0.2) is 0 Å². The zero-order valence-corrected chi connectivity index (χ0v) is 18.6. The van der Waals surface area contributed by atoms with Gasteiger partial charge in [0.1, 0.15) is 11.6 Å². The molecule has 6 nitrogen and oxygen atoms in total. The summed E-state index contributed by atoms with van der Waals surface area (Å²) in [5.41, 5.74) is 4.48. The van der Waals surface area contributed by atoms with E-state index in [4.69, 9.17) is 0 Å². The van der Waals surface area contributed by atoms with Crippen molar-refractivity contribution in [3.05, 3.63) is 68.1 Å². The van der Waals surface area contributed by atoms with Gasteiger partial charge in [0.25, 0.3) is 5.56 Å². The van der Waals surface area contributed by atoms with Crippen molar-refractivity contribution in [1.29, 1.82) is 5.26 Å². The number of halogens is 1. The number of aryl methyl sites for hydroxylation is 2. The molecule has 1 saturated heterocycles. The monoisotopic (exact) mass is 428 g/mol. The Bertz CT molecular complexity index is 992. The van der Waals surface area contributed by atoms with Gasteiger partial charge in [-0.1, -0.05) is 31.2 Å². The highest BCUT2D eigenvalue weighted by Crippen LogP contribution is 2.24.